The molecule has 2 rings (SSSR count). The predicted octanol–water partition coefficient (Wildman–Crippen LogP) is 3.16. The first-order valence-corrected chi connectivity index (χ1v) is 6.63. The van der Waals surface area contributed by atoms with Crippen molar-refractivity contribution in [3.8, 4) is 0 Å². The Balaban J connectivity index is 2.36. The van der Waals surface area contributed by atoms with Crippen LogP contribution in [0.4, 0.5) is 0 Å². The standard InChI is InChI=1S/C12H17NO2S/c1-8(2)10-13-9(7-16-10)12(11(14)15)5-3-4-6-12/h7-8H,3-6H2,1-2H3,(H,14,15). The lowest BCUT2D eigenvalue weighted by molar-refractivity contribution is -0.143. The Kier molecular flexibility index (Phi) is 3.02. The fourth-order valence-electron chi connectivity index (χ4n) is 2.33. The summed E-state index contributed by atoms with van der Waals surface area (Å²) in [6.45, 7) is 4.18. The largest absolute Gasteiger partial charge is 0.481 e. The molecule has 1 aromatic heterocycles. The quantitative estimate of drug-likeness (QED) is 0.881. The summed E-state index contributed by atoms with van der Waals surface area (Å²) in [5.41, 5.74) is 0.0927. The number of thiazole rings is 1. The van der Waals surface area contributed by atoms with Crippen LogP contribution >= 0.6 is 11.3 Å². The fraction of sp³-hybridized carbons (Fsp3) is 0.667. The van der Waals surface area contributed by atoms with Crippen molar-refractivity contribution in [1.82, 2.24) is 4.98 Å². The minimum Gasteiger partial charge on any atom is -0.481 e. The van der Waals surface area contributed by atoms with Gasteiger partial charge < -0.3 is 5.11 Å². The highest BCUT2D eigenvalue weighted by molar-refractivity contribution is 7.09. The van der Waals surface area contributed by atoms with Crippen molar-refractivity contribution in [2.45, 2.75) is 50.9 Å². The summed E-state index contributed by atoms with van der Waals surface area (Å²) in [6, 6.07) is 0. The topological polar surface area (TPSA) is 50.2 Å². The number of rotatable bonds is 3. The number of hydrogen-bond acceptors (Lipinski definition) is 3. The van der Waals surface area contributed by atoms with Gasteiger partial charge in [0.1, 0.15) is 5.41 Å². The molecule has 0 amide bonds. The van der Waals surface area contributed by atoms with Gasteiger partial charge in [0.2, 0.25) is 0 Å². The summed E-state index contributed by atoms with van der Waals surface area (Å²) in [4.78, 5) is 16.0. The smallest absolute Gasteiger partial charge is 0.315 e. The maximum Gasteiger partial charge on any atom is 0.315 e. The van der Waals surface area contributed by atoms with E-state index in [4.69, 9.17) is 0 Å². The fourth-order valence-corrected chi connectivity index (χ4v) is 3.26. The Labute approximate surface area is 99.5 Å². The molecule has 1 aliphatic rings. The van der Waals surface area contributed by atoms with E-state index in [1.54, 1.807) is 11.3 Å². The van der Waals surface area contributed by atoms with Crippen LogP contribution in [0.15, 0.2) is 5.38 Å². The number of carboxylic acid groups (broad SMARTS) is 1. The second-order valence-electron chi connectivity index (χ2n) is 4.82. The molecule has 0 aliphatic heterocycles. The highest BCUT2D eigenvalue weighted by atomic mass is 32.1. The van der Waals surface area contributed by atoms with Crippen LogP contribution in [-0.4, -0.2) is 16.1 Å². The van der Waals surface area contributed by atoms with Crippen LogP contribution < -0.4 is 0 Å². The van der Waals surface area contributed by atoms with Crippen LogP contribution in [0.3, 0.4) is 0 Å². The van der Waals surface area contributed by atoms with E-state index < -0.39 is 11.4 Å². The van der Waals surface area contributed by atoms with Gasteiger partial charge in [0.05, 0.1) is 10.7 Å². The van der Waals surface area contributed by atoms with Gasteiger partial charge in [-0.05, 0) is 12.8 Å². The molecule has 1 aromatic rings. The number of carboxylic acids is 1. The summed E-state index contributed by atoms with van der Waals surface area (Å²) in [6.07, 6.45) is 3.48. The van der Waals surface area contributed by atoms with Crippen LogP contribution in [0.5, 0.6) is 0 Å². The highest BCUT2D eigenvalue weighted by Gasteiger charge is 2.44. The average molecular weight is 239 g/mol. The molecule has 1 saturated carbocycles. The van der Waals surface area contributed by atoms with E-state index in [-0.39, 0.29) is 0 Å². The zero-order valence-corrected chi connectivity index (χ0v) is 10.5. The molecule has 0 aromatic carbocycles. The molecule has 0 saturated heterocycles. The Bertz CT molecular complexity index is 391. The Hall–Kier alpha value is -0.900. The minimum absolute atomic E-state index is 0.381. The lowest BCUT2D eigenvalue weighted by Gasteiger charge is -2.21. The predicted molar refractivity (Wildman–Crippen MR) is 64.0 cm³/mol. The summed E-state index contributed by atoms with van der Waals surface area (Å²) in [7, 11) is 0. The number of hydrogen-bond donors (Lipinski definition) is 1. The van der Waals surface area contributed by atoms with Crippen LogP contribution in [0.2, 0.25) is 0 Å². The summed E-state index contributed by atoms with van der Waals surface area (Å²) in [5.74, 6) is -0.323. The third kappa shape index (κ3) is 1.75. The molecule has 1 fully saturated rings. The summed E-state index contributed by atoms with van der Waals surface area (Å²) >= 11 is 1.59. The number of nitrogens with zero attached hydrogens (tertiary/aromatic N) is 1. The van der Waals surface area contributed by atoms with Gasteiger partial charge in [-0.3, -0.25) is 4.79 Å². The second kappa shape index (κ2) is 4.17. The molecule has 0 atom stereocenters. The van der Waals surface area contributed by atoms with Gasteiger partial charge in [-0.15, -0.1) is 11.3 Å². The summed E-state index contributed by atoms with van der Waals surface area (Å²) < 4.78 is 0. The first-order chi connectivity index (χ1) is 7.56. The van der Waals surface area contributed by atoms with Crippen molar-refractivity contribution in [3.05, 3.63) is 16.1 Å². The lowest BCUT2D eigenvalue weighted by Crippen LogP contribution is -2.33. The molecule has 88 valence electrons. The monoisotopic (exact) mass is 239 g/mol. The van der Waals surface area contributed by atoms with Gasteiger partial charge >= 0.3 is 5.97 Å². The maximum atomic E-state index is 11.5. The van der Waals surface area contributed by atoms with Crippen LogP contribution in [-0.2, 0) is 10.2 Å². The van der Waals surface area contributed by atoms with E-state index >= 15 is 0 Å². The van der Waals surface area contributed by atoms with E-state index in [1.165, 1.54) is 0 Å². The molecule has 4 heteroatoms. The van der Waals surface area contributed by atoms with Gasteiger partial charge in [0.15, 0.2) is 0 Å². The van der Waals surface area contributed by atoms with Crippen LogP contribution in [0.25, 0.3) is 0 Å². The second-order valence-corrected chi connectivity index (χ2v) is 5.71. The molecular formula is C12H17NO2S. The van der Waals surface area contributed by atoms with E-state index in [2.05, 4.69) is 18.8 Å². The molecule has 16 heavy (non-hydrogen) atoms. The molecule has 0 unspecified atom stereocenters. The zero-order valence-electron chi connectivity index (χ0n) is 9.69. The van der Waals surface area contributed by atoms with Crippen molar-refractivity contribution in [3.63, 3.8) is 0 Å². The van der Waals surface area contributed by atoms with Gasteiger partial charge in [-0.1, -0.05) is 26.7 Å². The maximum absolute atomic E-state index is 11.5. The Morgan fingerprint density at radius 3 is 2.56 bits per heavy atom. The van der Waals surface area contributed by atoms with Crippen molar-refractivity contribution in [2.24, 2.45) is 0 Å². The van der Waals surface area contributed by atoms with Gasteiger partial charge in [-0.2, -0.15) is 0 Å². The Morgan fingerprint density at radius 2 is 2.12 bits per heavy atom. The molecule has 3 nitrogen and oxygen atoms in total. The molecule has 0 bridgehead atoms. The molecule has 0 spiro atoms. The SMILES string of the molecule is CC(C)c1nc(C2(C(=O)O)CCCC2)cs1. The van der Waals surface area contributed by atoms with Gasteiger partial charge in [0, 0.05) is 11.3 Å². The molecular weight excluding hydrogens is 222 g/mol. The van der Waals surface area contributed by atoms with Crippen molar-refractivity contribution < 1.29 is 9.90 Å². The van der Waals surface area contributed by atoms with E-state index in [1.807, 2.05) is 5.38 Å². The van der Waals surface area contributed by atoms with E-state index in [0.29, 0.717) is 5.92 Å². The van der Waals surface area contributed by atoms with Crippen LogP contribution in [0, 0.1) is 0 Å². The minimum atomic E-state index is -0.703. The number of aliphatic carboxylic acids is 1. The average Bonchev–Trinajstić information content (AvgIpc) is 2.87. The zero-order chi connectivity index (χ0) is 11.8. The lowest BCUT2D eigenvalue weighted by atomic mass is 9.83. The first kappa shape index (κ1) is 11.6. The highest BCUT2D eigenvalue weighted by Crippen LogP contribution is 2.42. The summed E-state index contributed by atoms with van der Waals surface area (Å²) in [5, 5.41) is 12.4. The third-order valence-electron chi connectivity index (χ3n) is 3.37. The molecule has 1 heterocycles. The number of carbonyl (C=O) groups is 1. The van der Waals surface area contributed by atoms with Crippen LogP contribution in [0.1, 0.15) is 56.2 Å². The van der Waals surface area contributed by atoms with Gasteiger partial charge in [0.25, 0.3) is 0 Å². The third-order valence-corrected chi connectivity index (χ3v) is 4.52. The van der Waals surface area contributed by atoms with E-state index in [9.17, 15) is 9.90 Å². The molecule has 1 N–H and O–H groups in total. The van der Waals surface area contributed by atoms with Crippen molar-refractivity contribution in [2.75, 3.05) is 0 Å². The van der Waals surface area contributed by atoms with Crippen molar-refractivity contribution >= 4 is 17.3 Å². The molecule has 0 radical (unpaired) electrons. The normalized spacial score (nSPS) is 19.2. The van der Waals surface area contributed by atoms with Crippen molar-refractivity contribution in [1.29, 1.82) is 0 Å². The molecule has 1 aliphatic carbocycles. The first-order valence-electron chi connectivity index (χ1n) is 5.75. The van der Waals surface area contributed by atoms with E-state index in [0.717, 1.165) is 36.4 Å². The number of aromatic nitrogens is 1. The van der Waals surface area contributed by atoms with Gasteiger partial charge in [-0.25, -0.2) is 4.98 Å². The Morgan fingerprint density at radius 1 is 1.50 bits per heavy atom.